The minimum Gasteiger partial charge on any atom is -0.0991 e. The molecule has 0 nitrogen and oxygen atoms in total. The van der Waals surface area contributed by atoms with E-state index in [1.54, 1.807) is 6.08 Å². The summed E-state index contributed by atoms with van der Waals surface area (Å²) in [6, 6.07) is 0. The number of allylic oxidation sites excluding steroid dienone is 4. The van der Waals surface area contributed by atoms with Gasteiger partial charge in [-0.1, -0.05) is 59.1 Å². The smallest absolute Gasteiger partial charge is 0.0107 e. The van der Waals surface area contributed by atoms with Crippen LogP contribution in [0.25, 0.3) is 0 Å². The van der Waals surface area contributed by atoms with Gasteiger partial charge in [-0.25, -0.2) is 0 Å². The lowest BCUT2D eigenvalue weighted by atomic mass is 9.78. The highest BCUT2D eigenvalue weighted by molar-refractivity contribution is 5.24. The Morgan fingerprint density at radius 3 is 2.31 bits per heavy atom. The van der Waals surface area contributed by atoms with E-state index in [1.165, 1.54) is 12.0 Å². The molecule has 0 N–H and O–H groups in total. The fraction of sp³-hybridized carbons (Fsp3) is 0.538. The second-order valence-electron chi connectivity index (χ2n) is 4.60. The van der Waals surface area contributed by atoms with Crippen molar-refractivity contribution in [2.45, 2.75) is 34.1 Å². The van der Waals surface area contributed by atoms with E-state index in [1.807, 2.05) is 6.08 Å². The average molecular weight is 178 g/mol. The molecule has 0 bridgehead atoms. The van der Waals surface area contributed by atoms with Crippen LogP contribution in [0.3, 0.4) is 0 Å². The third-order valence-corrected chi connectivity index (χ3v) is 2.22. The first-order valence-corrected chi connectivity index (χ1v) is 4.88. The summed E-state index contributed by atoms with van der Waals surface area (Å²) in [5, 5.41) is 0. The van der Waals surface area contributed by atoms with Crippen molar-refractivity contribution in [3.05, 3.63) is 37.0 Å². The number of hydrogen-bond donors (Lipinski definition) is 0. The van der Waals surface area contributed by atoms with Gasteiger partial charge >= 0.3 is 0 Å². The Balaban J connectivity index is 4.35. The highest BCUT2D eigenvalue weighted by Gasteiger charge is 2.20. The van der Waals surface area contributed by atoms with E-state index < -0.39 is 0 Å². The minimum atomic E-state index is 0.202. The zero-order valence-electron chi connectivity index (χ0n) is 9.43. The topological polar surface area (TPSA) is 0 Å². The number of rotatable bonds is 5. The Bertz CT molecular complexity index is 204. The van der Waals surface area contributed by atoms with E-state index >= 15 is 0 Å². The zero-order valence-corrected chi connectivity index (χ0v) is 9.43. The van der Waals surface area contributed by atoms with Crippen LogP contribution in [0.2, 0.25) is 0 Å². The predicted molar refractivity (Wildman–Crippen MR) is 61.7 cm³/mol. The van der Waals surface area contributed by atoms with Crippen LogP contribution in [0.15, 0.2) is 37.0 Å². The molecule has 0 aliphatic carbocycles. The molecule has 0 unspecified atom stereocenters. The van der Waals surface area contributed by atoms with Crippen molar-refractivity contribution in [3.63, 3.8) is 0 Å². The van der Waals surface area contributed by atoms with E-state index in [-0.39, 0.29) is 5.41 Å². The Hall–Kier alpha value is -0.780. The maximum Gasteiger partial charge on any atom is -0.0107 e. The van der Waals surface area contributed by atoms with Crippen LogP contribution in [0.5, 0.6) is 0 Å². The quantitative estimate of drug-likeness (QED) is 0.549. The molecule has 0 amide bonds. The van der Waals surface area contributed by atoms with Crippen LogP contribution < -0.4 is 0 Å². The van der Waals surface area contributed by atoms with Crippen molar-refractivity contribution in [2.24, 2.45) is 11.3 Å². The van der Waals surface area contributed by atoms with E-state index in [9.17, 15) is 0 Å². The molecule has 0 saturated heterocycles. The number of hydrogen-bond acceptors (Lipinski definition) is 0. The first kappa shape index (κ1) is 12.2. The fourth-order valence-electron chi connectivity index (χ4n) is 1.56. The minimum absolute atomic E-state index is 0.202. The molecule has 0 spiro atoms. The molecule has 0 rings (SSSR count). The van der Waals surface area contributed by atoms with E-state index in [0.717, 1.165) is 0 Å². The molecule has 0 heterocycles. The lowest BCUT2D eigenvalue weighted by Crippen LogP contribution is -2.15. The molecule has 0 aromatic rings. The van der Waals surface area contributed by atoms with Crippen molar-refractivity contribution in [3.8, 4) is 0 Å². The van der Waals surface area contributed by atoms with E-state index in [0.29, 0.717) is 5.92 Å². The van der Waals surface area contributed by atoms with Gasteiger partial charge in [0.15, 0.2) is 0 Å². The van der Waals surface area contributed by atoms with Gasteiger partial charge < -0.3 is 0 Å². The molecule has 74 valence electrons. The molecule has 0 fully saturated rings. The molecule has 0 heteroatoms. The van der Waals surface area contributed by atoms with Gasteiger partial charge in [-0.05, 0) is 23.3 Å². The highest BCUT2D eigenvalue weighted by atomic mass is 14.3. The molecule has 0 aliphatic heterocycles. The van der Waals surface area contributed by atoms with Gasteiger partial charge in [0.25, 0.3) is 0 Å². The largest absolute Gasteiger partial charge is 0.0991 e. The first-order chi connectivity index (χ1) is 5.90. The summed E-state index contributed by atoms with van der Waals surface area (Å²) in [7, 11) is 0. The maximum atomic E-state index is 4.08. The summed E-state index contributed by atoms with van der Waals surface area (Å²) < 4.78 is 0. The van der Waals surface area contributed by atoms with Crippen LogP contribution in [-0.4, -0.2) is 0 Å². The monoisotopic (exact) mass is 178 g/mol. The highest BCUT2D eigenvalue weighted by Crippen LogP contribution is 2.33. The molecule has 0 aliphatic rings. The van der Waals surface area contributed by atoms with Crippen molar-refractivity contribution in [2.75, 3.05) is 0 Å². The molecular formula is C13H22. The SMILES string of the molecule is C=CC=CC(=C)C(C)(C)CC(C)C. The Labute approximate surface area is 83.0 Å². The Kier molecular flexibility index (Phi) is 4.76. The molecule has 0 aromatic carbocycles. The van der Waals surface area contributed by atoms with Crippen LogP contribution >= 0.6 is 0 Å². The predicted octanol–water partition coefficient (Wildman–Crippen LogP) is 4.36. The molecule has 0 saturated carbocycles. The van der Waals surface area contributed by atoms with Gasteiger partial charge in [0.2, 0.25) is 0 Å². The van der Waals surface area contributed by atoms with Gasteiger partial charge in [0, 0.05) is 0 Å². The van der Waals surface area contributed by atoms with Gasteiger partial charge in [-0.2, -0.15) is 0 Å². The normalized spacial score (nSPS) is 12.4. The van der Waals surface area contributed by atoms with Crippen molar-refractivity contribution >= 4 is 0 Å². The Morgan fingerprint density at radius 1 is 1.38 bits per heavy atom. The van der Waals surface area contributed by atoms with Gasteiger partial charge in [-0.15, -0.1) is 0 Å². The van der Waals surface area contributed by atoms with Gasteiger partial charge in [0.05, 0.1) is 0 Å². The summed E-state index contributed by atoms with van der Waals surface area (Å²) in [6.07, 6.45) is 6.96. The third kappa shape index (κ3) is 4.72. The fourth-order valence-corrected chi connectivity index (χ4v) is 1.56. The van der Waals surface area contributed by atoms with Crippen LogP contribution in [0.1, 0.15) is 34.1 Å². The molecule has 0 radical (unpaired) electrons. The van der Waals surface area contributed by atoms with Crippen molar-refractivity contribution in [1.29, 1.82) is 0 Å². The van der Waals surface area contributed by atoms with Crippen LogP contribution in [-0.2, 0) is 0 Å². The third-order valence-electron chi connectivity index (χ3n) is 2.22. The second-order valence-corrected chi connectivity index (χ2v) is 4.60. The van der Waals surface area contributed by atoms with Crippen molar-refractivity contribution < 1.29 is 0 Å². The molecule has 0 atom stereocenters. The summed E-state index contributed by atoms with van der Waals surface area (Å²) in [4.78, 5) is 0. The van der Waals surface area contributed by atoms with Crippen molar-refractivity contribution in [1.82, 2.24) is 0 Å². The Morgan fingerprint density at radius 2 is 1.92 bits per heavy atom. The molecule has 13 heavy (non-hydrogen) atoms. The lowest BCUT2D eigenvalue weighted by molar-refractivity contribution is 0.352. The first-order valence-electron chi connectivity index (χ1n) is 4.88. The lowest BCUT2D eigenvalue weighted by Gasteiger charge is -2.27. The molecule has 0 aromatic heterocycles. The summed E-state index contributed by atoms with van der Waals surface area (Å²) in [5.74, 6) is 0.712. The van der Waals surface area contributed by atoms with Gasteiger partial charge in [0.1, 0.15) is 0 Å². The van der Waals surface area contributed by atoms with Crippen LogP contribution in [0, 0.1) is 11.3 Å². The standard InChI is InChI=1S/C13H22/c1-7-8-9-12(4)13(5,6)10-11(2)3/h7-9,11H,1,4,10H2,2-3,5-6H3. The summed E-state index contributed by atoms with van der Waals surface area (Å²) in [5.41, 5.74) is 1.38. The van der Waals surface area contributed by atoms with Crippen LogP contribution in [0.4, 0.5) is 0 Å². The summed E-state index contributed by atoms with van der Waals surface area (Å²) in [6.45, 7) is 16.7. The zero-order chi connectivity index (χ0) is 10.5. The molecular weight excluding hydrogens is 156 g/mol. The average Bonchev–Trinajstić information content (AvgIpc) is 1.97. The van der Waals surface area contributed by atoms with Gasteiger partial charge in [-0.3, -0.25) is 0 Å². The summed E-state index contributed by atoms with van der Waals surface area (Å²) >= 11 is 0. The second kappa shape index (κ2) is 5.06. The maximum absolute atomic E-state index is 4.08. The van der Waals surface area contributed by atoms with E-state index in [2.05, 4.69) is 46.9 Å². The van der Waals surface area contributed by atoms with E-state index in [4.69, 9.17) is 0 Å².